The molecule has 0 atom stereocenters. The molecule has 0 unspecified atom stereocenters. The van der Waals surface area contributed by atoms with E-state index in [2.05, 4.69) is 36.2 Å². The molecule has 2 rings (SSSR count). The van der Waals surface area contributed by atoms with Gasteiger partial charge in [0.25, 0.3) is 0 Å². The Morgan fingerprint density at radius 1 is 1.22 bits per heavy atom. The molecule has 0 saturated carbocycles. The van der Waals surface area contributed by atoms with Crippen molar-refractivity contribution in [3.05, 3.63) is 30.0 Å². The van der Waals surface area contributed by atoms with E-state index in [9.17, 15) is 0 Å². The van der Waals surface area contributed by atoms with Crippen LogP contribution in [0.3, 0.4) is 0 Å². The first-order valence-corrected chi connectivity index (χ1v) is 10.0. The zero-order chi connectivity index (χ0) is 16.7. The normalized spacial score (nSPS) is 11.2. The summed E-state index contributed by atoms with van der Waals surface area (Å²) in [6, 6.07) is 6.01. The van der Waals surface area contributed by atoms with Crippen LogP contribution < -0.4 is 4.74 Å². The standard InChI is InChI=1S/C16H24N4OS2/c1-13-11-14(21-4)5-6-15(13)16-12-20(18-17-16)8-10-23-22-9-7-19(2)3/h5-6,11-12H,7-10H2,1-4H3. The van der Waals surface area contributed by atoms with Gasteiger partial charge >= 0.3 is 0 Å². The van der Waals surface area contributed by atoms with E-state index in [1.807, 2.05) is 50.7 Å². The summed E-state index contributed by atoms with van der Waals surface area (Å²) in [7, 11) is 9.68. The number of aromatic nitrogens is 3. The Bertz CT molecular complexity index is 616. The molecule has 1 aromatic heterocycles. The van der Waals surface area contributed by atoms with Gasteiger partial charge in [-0.15, -0.1) is 5.10 Å². The third-order valence-electron chi connectivity index (χ3n) is 3.36. The summed E-state index contributed by atoms with van der Waals surface area (Å²) >= 11 is 0. The molecule has 0 aliphatic rings. The summed E-state index contributed by atoms with van der Waals surface area (Å²) in [6.07, 6.45) is 2.01. The van der Waals surface area contributed by atoms with E-state index < -0.39 is 0 Å². The van der Waals surface area contributed by atoms with Gasteiger partial charge in [0.15, 0.2) is 0 Å². The van der Waals surface area contributed by atoms with E-state index in [1.165, 1.54) is 0 Å². The Balaban J connectivity index is 1.84. The highest BCUT2D eigenvalue weighted by Crippen LogP contribution is 2.25. The van der Waals surface area contributed by atoms with E-state index in [0.29, 0.717) is 0 Å². The van der Waals surface area contributed by atoms with Gasteiger partial charge < -0.3 is 9.64 Å². The highest BCUT2D eigenvalue weighted by Gasteiger charge is 2.08. The number of rotatable bonds is 9. The fourth-order valence-electron chi connectivity index (χ4n) is 2.05. The van der Waals surface area contributed by atoms with Crippen molar-refractivity contribution in [2.75, 3.05) is 39.3 Å². The predicted molar refractivity (Wildman–Crippen MR) is 100 cm³/mol. The minimum absolute atomic E-state index is 0.866. The molecule has 0 spiro atoms. The first-order chi connectivity index (χ1) is 11.1. The summed E-state index contributed by atoms with van der Waals surface area (Å²) in [5.74, 6) is 3.04. The van der Waals surface area contributed by atoms with Gasteiger partial charge in [-0.1, -0.05) is 26.8 Å². The lowest BCUT2D eigenvalue weighted by Gasteiger charge is -2.07. The van der Waals surface area contributed by atoms with Crippen molar-refractivity contribution < 1.29 is 4.74 Å². The van der Waals surface area contributed by atoms with Crippen molar-refractivity contribution in [3.8, 4) is 17.0 Å². The van der Waals surface area contributed by atoms with Gasteiger partial charge in [0.2, 0.25) is 0 Å². The molecule has 0 fully saturated rings. The van der Waals surface area contributed by atoms with Crippen LogP contribution in [0, 0.1) is 6.92 Å². The molecule has 0 saturated heterocycles. The molecule has 126 valence electrons. The molecule has 1 heterocycles. The zero-order valence-electron chi connectivity index (χ0n) is 14.2. The Labute approximate surface area is 146 Å². The molecule has 0 N–H and O–H groups in total. The molecule has 7 heteroatoms. The molecule has 0 bridgehead atoms. The van der Waals surface area contributed by atoms with E-state index in [0.717, 1.165) is 47.2 Å². The largest absolute Gasteiger partial charge is 0.497 e. The summed E-state index contributed by atoms with van der Waals surface area (Å²) in [5, 5.41) is 8.52. The second kappa shape index (κ2) is 9.20. The number of nitrogens with zero attached hydrogens (tertiary/aromatic N) is 4. The summed E-state index contributed by atoms with van der Waals surface area (Å²) in [5.41, 5.74) is 3.16. The lowest BCUT2D eigenvalue weighted by molar-refractivity contribution is 0.414. The first-order valence-electron chi connectivity index (χ1n) is 7.54. The van der Waals surface area contributed by atoms with Crippen molar-refractivity contribution in [1.82, 2.24) is 19.9 Å². The topological polar surface area (TPSA) is 43.2 Å². The smallest absolute Gasteiger partial charge is 0.119 e. The van der Waals surface area contributed by atoms with Gasteiger partial charge in [-0.3, -0.25) is 4.68 Å². The van der Waals surface area contributed by atoms with Gasteiger partial charge in [-0.2, -0.15) is 0 Å². The number of benzene rings is 1. The molecule has 0 aliphatic carbocycles. The molecule has 1 aromatic carbocycles. The fraction of sp³-hybridized carbons (Fsp3) is 0.500. The van der Waals surface area contributed by atoms with Crippen LogP contribution >= 0.6 is 21.6 Å². The molecule has 23 heavy (non-hydrogen) atoms. The lowest BCUT2D eigenvalue weighted by atomic mass is 10.1. The second-order valence-electron chi connectivity index (χ2n) is 5.49. The summed E-state index contributed by atoms with van der Waals surface area (Å²) in [6.45, 7) is 4.05. The first kappa shape index (κ1) is 18.2. The van der Waals surface area contributed by atoms with Gasteiger partial charge in [0.05, 0.1) is 19.9 Å². The maximum Gasteiger partial charge on any atom is 0.119 e. The average Bonchev–Trinajstić information content (AvgIpc) is 2.98. The molecule has 0 radical (unpaired) electrons. The molecule has 0 aliphatic heterocycles. The maximum atomic E-state index is 5.24. The van der Waals surface area contributed by atoms with Gasteiger partial charge in [-0.25, -0.2) is 0 Å². The van der Waals surface area contributed by atoms with Crippen molar-refractivity contribution in [1.29, 1.82) is 0 Å². The number of hydrogen-bond acceptors (Lipinski definition) is 6. The van der Waals surface area contributed by atoms with Crippen LogP contribution in [-0.4, -0.2) is 59.1 Å². The third-order valence-corrected chi connectivity index (χ3v) is 5.72. The van der Waals surface area contributed by atoms with Crippen molar-refractivity contribution in [2.45, 2.75) is 13.5 Å². The minimum Gasteiger partial charge on any atom is -0.497 e. The Kier molecular flexibility index (Phi) is 7.26. The number of aryl methyl sites for hydroxylation is 2. The number of methoxy groups -OCH3 is 1. The van der Waals surface area contributed by atoms with Gasteiger partial charge in [0, 0.05) is 23.6 Å². The average molecular weight is 353 g/mol. The van der Waals surface area contributed by atoms with Gasteiger partial charge in [-0.05, 0) is 44.8 Å². The van der Waals surface area contributed by atoms with E-state index in [4.69, 9.17) is 4.74 Å². The van der Waals surface area contributed by atoms with Crippen LogP contribution in [0.25, 0.3) is 11.3 Å². The van der Waals surface area contributed by atoms with Crippen molar-refractivity contribution in [2.24, 2.45) is 0 Å². The lowest BCUT2D eigenvalue weighted by Crippen LogP contribution is -2.14. The van der Waals surface area contributed by atoms with E-state index in [1.54, 1.807) is 7.11 Å². The fourth-order valence-corrected chi connectivity index (χ4v) is 4.14. The zero-order valence-corrected chi connectivity index (χ0v) is 15.8. The summed E-state index contributed by atoms with van der Waals surface area (Å²) in [4.78, 5) is 2.20. The Morgan fingerprint density at radius 2 is 2.00 bits per heavy atom. The van der Waals surface area contributed by atoms with Gasteiger partial charge in [0.1, 0.15) is 11.4 Å². The molecule has 2 aromatic rings. The highest BCUT2D eigenvalue weighted by atomic mass is 33.1. The summed E-state index contributed by atoms with van der Waals surface area (Å²) < 4.78 is 7.16. The predicted octanol–water partition coefficient (Wildman–Crippen LogP) is 3.21. The van der Waals surface area contributed by atoms with Crippen LogP contribution in [0.1, 0.15) is 5.56 Å². The van der Waals surface area contributed by atoms with Crippen molar-refractivity contribution >= 4 is 21.6 Å². The molecular weight excluding hydrogens is 328 g/mol. The quantitative estimate of drug-likeness (QED) is 0.510. The molecule has 0 amide bonds. The second-order valence-corrected chi connectivity index (χ2v) is 8.20. The number of hydrogen-bond donors (Lipinski definition) is 0. The Hall–Kier alpha value is -1.18. The van der Waals surface area contributed by atoms with Crippen molar-refractivity contribution in [3.63, 3.8) is 0 Å². The monoisotopic (exact) mass is 352 g/mol. The van der Waals surface area contributed by atoms with Crippen LogP contribution in [0.2, 0.25) is 0 Å². The third kappa shape index (κ3) is 5.75. The maximum absolute atomic E-state index is 5.24. The molecular formula is C16H24N4OS2. The van der Waals surface area contributed by atoms with Crippen LogP contribution in [0.15, 0.2) is 24.4 Å². The molecule has 5 nitrogen and oxygen atoms in total. The van der Waals surface area contributed by atoms with E-state index >= 15 is 0 Å². The van der Waals surface area contributed by atoms with Crippen LogP contribution in [0.5, 0.6) is 5.75 Å². The minimum atomic E-state index is 0.866. The SMILES string of the molecule is COc1ccc(-c2cn(CCSSCCN(C)C)nn2)c(C)c1. The van der Waals surface area contributed by atoms with Crippen LogP contribution in [-0.2, 0) is 6.54 Å². The highest BCUT2D eigenvalue weighted by molar-refractivity contribution is 8.76. The van der Waals surface area contributed by atoms with E-state index in [-0.39, 0.29) is 0 Å². The Morgan fingerprint density at radius 3 is 2.70 bits per heavy atom. The number of ether oxygens (including phenoxy) is 1. The van der Waals surface area contributed by atoms with Crippen LogP contribution in [0.4, 0.5) is 0 Å².